The third-order valence-electron chi connectivity index (χ3n) is 3.82. The minimum absolute atomic E-state index is 0.0324. The van der Waals surface area contributed by atoms with Crippen molar-refractivity contribution >= 4 is 27.4 Å². The number of hydrogen-bond acceptors (Lipinski definition) is 6. The molecule has 1 fully saturated rings. The van der Waals surface area contributed by atoms with Gasteiger partial charge >= 0.3 is 0 Å². The number of carbonyl (C=O) groups is 1. The van der Waals surface area contributed by atoms with Gasteiger partial charge in [0.1, 0.15) is 16.5 Å². The molecule has 3 rings (SSSR count). The van der Waals surface area contributed by atoms with E-state index in [-0.39, 0.29) is 16.4 Å². The number of aromatic nitrogens is 1. The fraction of sp³-hybridized carbons (Fsp3) is 0.333. The summed E-state index contributed by atoms with van der Waals surface area (Å²) in [5.41, 5.74) is 5.92. The standard InChI is InChI=1S/C15H18N4O4S/c1-10-13(24(21,22)19-6-2-3-7-19)8-12(23-10)15(20)18-11-4-5-14(16)17-9-11/h4-5,8-9H,2-3,6-7H2,1H3,(H2,16,17)(H,18,20). The van der Waals surface area contributed by atoms with Crippen molar-refractivity contribution in [3.05, 3.63) is 35.9 Å². The minimum Gasteiger partial charge on any atom is -0.455 e. The summed E-state index contributed by atoms with van der Waals surface area (Å²) in [6.07, 6.45) is 3.09. The van der Waals surface area contributed by atoms with E-state index in [2.05, 4.69) is 10.3 Å². The van der Waals surface area contributed by atoms with Gasteiger partial charge in [-0.05, 0) is 31.9 Å². The van der Waals surface area contributed by atoms with Crippen LogP contribution in [0.4, 0.5) is 11.5 Å². The molecule has 0 saturated carbocycles. The lowest BCUT2D eigenvalue weighted by atomic mass is 10.3. The highest BCUT2D eigenvalue weighted by Gasteiger charge is 2.31. The Morgan fingerprint density at radius 1 is 1.33 bits per heavy atom. The van der Waals surface area contributed by atoms with Crippen LogP contribution in [0.15, 0.2) is 33.7 Å². The van der Waals surface area contributed by atoms with E-state index < -0.39 is 15.9 Å². The molecule has 0 spiro atoms. The number of carbonyl (C=O) groups excluding carboxylic acids is 1. The second-order valence-electron chi connectivity index (χ2n) is 5.57. The van der Waals surface area contributed by atoms with Gasteiger partial charge in [-0.3, -0.25) is 4.79 Å². The number of nitrogens with zero attached hydrogens (tertiary/aromatic N) is 2. The molecule has 128 valence electrons. The average molecular weight is 350 g/mol. The Bertz CT molecular complexity index is 852. The number of furan rings is 1. The summed E-state index contributed by atoms with van der Waals surface area (Å²) in [5.74, 6) is -0.0852. The summed E-state index contributed by atoms with van der Waals surface area (Å²) in [4.78, 5) is 16.1. The van der Waals surface area contributed by atoms with E-state index in [4.69, 9.17) is 10.2 Å². The number of nitrogens with one attached hydrogen (secondary N) is 1. The molecule has 0 radical (unpaired) electrons. The van der Waals surface area contributed by atoms with Crippen molar-refractivity contribution in [2.75, 3.05) is 24.1 Å². The van der Waals surface area contributed by atoms with Gasteiger partial charge in [-0.15, -0.1) is 0 Å². The molecule has 1 aliphatic heterocycles. The molecule has 3 N–H and O–H groups in total. The Balaban J connectivity index is 1.83. The number of pyridine rings is 1. The van der Waals surface area contributed by atoms with Crippen molar-refractivity contribution in [2.45, 2.75) is 24.7 Å². The van der Waals surface area contributed by atoms with Crippen LogP contribution in [0.5, 0.6) is 0 Å². The largest absolute Gasteiger partial charge is 0.455 e. The maximum Gasteiger partial charge on any atom is 0.291 e. The minimum atomic E-state index is -3.63. The SMILES string of the molecule is Cc1oc(C(=O)Nc2ccc(N)nc2)cc1S(=O)(=O)N1CCCC1. The van der Waals surface area contributed by atoms with Gasteiger partial charge in [0.2, 0.25) is 10.0 Å². The van der Waals surface area contributed by atoms with E-state index >= 15 is 0 Å². The molecule has 0 atom stereocenters. The van der Waals surface area contributed by atoms with Gasteiger partial charge < -0.3 is 15.5 Å². The van der Waals surface area contributed by atoms with E-state index in [1.54, 1.807) is 12.1 Å². The number of amides is 1. The number of nitrogens with two attached hydrogens (primary N) is 1. The second-order valence-corrected chi connectivity index (χ2v) is 7.47. The van der Waals surface area contributed by atoms with Crippen LogP contribution in [-0.4, -0.2) is 36.7 Å². The zero-order chi connectivity index (χ0) is 17.3. The first-order chi connectivity index (χ1) is 11.4. The van der Waals surface area contributed by atoms with Crippen molar-refractivity contribution in [1.82, 2.24) is 9.29 Å². The van der Waals surface area contributed by atoms with Crippen molar-refractivity contribution in [3.63, 3.8) is 0 Å². The Morgan fingerprint density at radius 2 is 2.04 bits per heavy atom. The lowest BCUT2D eigenvalue weighted by Crippen LogP contribution is -2.28. The fourth-order valence-corrected chi connectivity index (χ4v) is 4.25. The van der Waals surface area contributed by atoms with Gasteiger partial charge in [0.05, 0.1) is 11.9 Å². The van der Waals surface area contributed by atoms with Gasteiger partial charge in [-0.1, -0.05) is 0 Å². The molecule has 8 nitrogen and oxygen atoms in total. The lowest BCUT2D eigenvalue weighted by molar-refractivity contribution is 0.0995. The fourth-order valence-electron chi connectivity index (χ4n) is 2.57. The quantitative estimate of drug-likeness (QED) is 0.864. The number of hydrogen-bond donors (Lipinski definition) is 2. The molecule has 9 heteroatoms. The number of anilines is 2. The summed E-state index contributed by atoms with van der Waals surface area (Å²) in [5, 5.41) is 2.59. The monoisotopic (exact) mass is 350 g/mol. The highest BCUT2D eigenvalue weighted by molar-refractivity contribution is 7.89. The van der Waals surface area contributed by atoms with Crippen LogP contribution in [0.25, 0.3) is 0 Å². The number of rotatable bonds is 4. The average Bonchev–Trinajstić information content (AvgIpc) is 3.19. The first-order valence-corrected chi connectivity index (χ1v) is 8.95. The van der Waals surface area contributed by atoms with E-state index in [1.165, 1.54) is 23.5 Å². The van der Waals surface area contributed by atoms with Gasteiger partial charge in [-0.25, -0.2) is 13.4 Å². The van der Waals surface area contributed by atoms with Crippen molar-refractivity contribution < 1.29 is 17.6 Å². The van der Waals surface area contributed by atoms with Crippen LogP contribution in [-0.2, 0) is 10.0 Å². The molecule has 2 aromatic rings. The normalized spacial score (nSPS) is 15.5. The van der Waals surface area contributed by atoms with E-state index in [1.807, 2.05) is 0 Å². The van der Waals surface area contributed by atoms with Crippen LogP contribution in [0.1, 0.15) is 29.2 Å². The molecular weight excluding hydrogens is 332 g/mol. The van der Waals surface area contributed by atoms with Crippen LogP contribution in [0, 0.1) is 6.92 Å². The molecule has 0 bridgehead atoms. The second kappa shape index (κ2) is 6.25. The van der Waals surface area contributed by atoms with Crippen LogP contribution >= 0.6 is 0 Å². The highest BCUT2D eigenvalue weighted by Crippen LogP contribution is 2.26. The lowest BCUT2D eigenvalue weighted by Gasteiger charge is -2.14. The first-order valence-electron chi connectivity index (χ1n) is 7.51. The Morgan fingerprint density at radius 3 is 2.67 bits per heavy atom. The molecule has 24 heavy (non-hydrogen) atoms. The molecular formula is C15H18N4O4S. The van der Waals surface area contributed by atoms with Gasteiger partial charge in [0.25, 0.3) is 5.91 Å². The van der Waals surface area contributed by atoms with Crippen molar-refractivity contribution in [2.24, 2.45) is 0 Å². The molecule has 3 heterocycles. The predicted octanol–water partition coefficient (Wildman–Crippen LogP) is 1.60. The molecule has 1 saturated heterocycles. The summed E-state index contributed by atoms with van der Waals surface area (Å²) >= 11 is 0. The van der Waals surface area contributed by atoms with Crippen LogP contribution in [0.2, 0.25) is 0 Å². The van der Waals surface area contributed by atoms with E-state index in [0.717, 1.165) is 12.8 Å². The van der Waals surface area contributed by atoms with Crippen LogP contribution in [0.3, 0.4) is 0 Å². The van der Waals surface area contributed by atoms with Gasteiger partial charge in [0, 0.05) is 19.2 Å². The zero-order valence-electron chi connectivity index (χ0n) is 13.2. The van der Waals surface area contributed by atoms with Crippen molar-refractivity contribution in [3.8, 4) is 0 Å². The number of nitrogen functional groups attached to an aromatic ring is 1. The molecule has 0 aromatic carbocycles. The maximum atomic E-state index is 12.6. The highest BCUT2D eigenvalue weighted by atomic mass is 32.2. The Kier molecular flexibility index (Phi) is 4.29. The maximum absolute atomic E-state index is 12.6. The molecule has 0 unspecified atom stereocenters. The number of aryl methyl sites for hydroxylation is 1. The third-order valence-corrected chi connectivity index (χ3v) is 5.83. The smallest absolute Gasteiger partial charge is 0.291 e. The molecule has 0 aliphatic carbocycles. The molecule has 1 aliphatic rings. The summed E-state index contributed by atoms with van der Waals surface area (Å²) < 4.78 is 32.0. The van der Waals surface area contributed by atoms with Gasteiger partial charge in [-0.2, -0.15) is 4.31 Å². The Labute approximate surface area is 139 Å². The van der Waals surface area contributed by atoms with Crippen molar-refractivity contribution in [1.29, 1.82) is 0 Å². The summed E-state index contributed by atoms with van der Waals surface area (Å²) in [6, 6.07) is 4.41. The first kappa shape index (κ1) is 16.5. The zero-order valence-corrected chi connectivity index (χ0v) is 14.0. The van der Waals surface area contributed by atoms with E-state index in [9.17, 15) is 13.2 Å². The summed E-state index contributed by atoms with van der Waals surface area (Å²) in [6.45, 7) is 2.52. The van der Waals surface area contributed by atoms with Crippen LogP contribution < -0.4 is 11.1 Å². The van der Waals surface area contributed by atoms with E-state index in [0.29, 0.717) is 24.6 Å². The summed E-state index contributed by atoms with van der Waals surface area (Å²) in [7, 11) is -3.63. The third kappa shape index (κ3) is 3.13. The Hall–Kier alpha value is -2.39. The number of sulfonamides is 1. The predicted molar refractivity (Wildman–Crippen MR) is 88.0 cm³/mol. The molecule has 1 amide bonds. The molecule has 2 aromatic heterocycles. The topological polar surface area (TPSA) is 119 Å². The van der Waals surface area contributed by atoms with Gasteiger partial charge in [0.15, 0.2) is 5.76 Å².